The number of carboxylic acid groups (broad SMARTS) is 1. The number of ether oxygens (including phenoxy) is 2. The lowest BCUT2D eigenvalue weighted by molar-refractivity contribution is -0.345. The van der Waals surface area contributed by atoms with Gasteiger partial charge in [-0.2, -0.15) is 0 Å². The van der Waals surface area contributed by atoms with Crippen LogP contribution < -0.4 is 0 Å². The Bertz CT molecular complexity index is 1230. The average Bonchev–Trinajstić information content (AvgIpc) is 3.33. The fourth-order valence-electron chi connectivity index (χ4n) is 7.11. The van der Waals surface area contributed by atoms with Gasteiger partial charge >= 0.3 is 18.4 Å². The summed E-state index contributed by atoms with van der Waals surface area (Å²) in [6, 6.07) is 4.27. The number of carbonyl (C=O) groups excluding carboxylic acids is 1. The van der Waals surface area contributed by atoms with Gasteiger partial charge in [-0.3, -0.25) is 9.53 Å². The van der Waals surface area contributed by atoms with E-state index in [0.29, 0.717) is 58.0 Å². The summed E-state index contributed by atoms with van der Waals surface area (Å²) in [5.74, 6) is 0.272. The van der Waals surface area contributed by atoms with Crippen molar-refractivity contribution in [2.24, 2.45) is 11.8 Å². The summed E-state index contributed by atoms with van der Waals surface area (Å²) in [5, 5.41) is 9.50. The van der Waals surface area contributed by atoms with Crippen LogP contribution in [0, 0.1) is 11.8 Å². The maximum atomic E-state index is 12.7. The van der Waals surface area contributed by atoms with Gasteiger partial charge < -0.3 is 19.3 Å². The van der Waals surface area contributed by atoms with Crippen molar-refractivity contribution in [2.45, 2.75) is 102 Å². The lowest BCUT2D eigenvalue weighted by Gasteiger charge is -2.32. The summed E-state index contributed by atoms with van der Waals surface area (Å²) in [7, 11) is 1.38. The van der Waals surface area contributed by atoms with Crippen molar-refractivity contribution in [3.05, 3.63) is 29.1 Å². The molecule has 0 spiro atoms. The molecule has 2 aliphatic carbocycles. The van der Waals surface area contributed by atoms with Crippen molar-refractivity contribution in [3.8, 4) is 0 Å². The molecule has 3 aliphatic rings. The minimum atomic E-state index is -4.60. The number of amides is 1. The Morgan fingerprint density at radius 3 is 2.42 bits per heavy atom. The summed E-state index contributed by atoms with van der Waals surface area (Å²) in [6.07, 6.45) is 0.625. The number of benzene rings is 1. The fourth-order valence-corrected chi connectivity index (χ4v) is 7.11. The highest BCUT2D eigenvalue weighted by molar-refractivity contribution is 5.82. The van der Waals surface area contributed by atoms with Crippen LogP contribution >= 0.6 is 0 Å². The largest absolute Gasteiger partial charge is 0.522 e. The molecule has 1 N–H and O–H groups in total. The number of aliphatic carboxylic acids is 1. The van der Waals surface area contributed by atoms with E-state index in [1.165, 1.54) is 7.11 Å². The first-order chi connectivity index (χ1) is 19.0. The topological polar surface area (TPSA) is 93.9 Å². The van der Waals surface area contributed by atoms with Crippen LogP contribution in [0.1, 0.15) is 93.6 Å². The second kappa shape index (κ2) is 11.6. The maximum absolute atomic E-state index is 12.7. The molecule has 11 heteroatoms. The van der Waals surface area contributed by atoms with E-state index in [-0.39, 0.29) is 29.9 Å². The van der Waals surface area contributed by atoms with E-state index in [1.54, 1.807) is 4.90 Å². The van der Waals surface area contributed by atoms with Crippen LogP contribution in [-0.2, 0) is 27.2 Å². The highest BCUT2D eigenvalue weighted by atomic mass is 19.4. The van der Waals surface area contributed by atoms with Crippen molar-refractivity contribution >= 4 is 23.1 Å². The van der Waals surface area contributed by atoms with Crippen LogP contribution in [0.3, 0.4) is 0 Å². The zero-order valence-electron chi connectivity index (χ0n) is 23.1. The zero-order valence-corrected chi connectivity index (χ0v) is 23.1. The van der Waals surface area contributed by atoms with Gasteiger partial charge in [-0.15, -0.1) is 13.2 Å². The van der Waals surface area contributed by atoms with Gasteiger partial charge in [0, 0.05) is 24.1 Å². The Kier molecular flexibility index (Phi) is 8.31. The van der Waals surface area contributed by atoms with Crippen molar-refractivity contribution in [2.75, 3.05) is 13.7 Å². The second-order valence-corrected chi connectivity index (χ2v) is 11.7. The standard InChI is InChI=1S/C29H38F3N3O5/c1-17(15-18-3-10-22(11-4-18)40-29(30,31)32)35-24-12-9-19-13-14-34(28(38)39-2)16-23(19)25(24)33-26(35)20-5-7-21(8-6-20)27(36)37/h9,12,17-18,20-22H,3-8,10-11,13-16H2,1-2H3,(H,36,37)/t17-,18-,20-,21-,22+/m0/s1. The molecule has 40 heavy (non-hydrogen) atoms. The Morgan fingerprint density at radius 2 is 1.80 bits per heavy atom. The smallest absolute Gasteiger partial charge is 0.481 e. The number of carbonyl (C=O) groups is 2. The second-order valence-electron chi connectivity index (χ2n) is 11.7. The van der Waals surface area contributed by atoms with Gasteiger partial charge in [-0.05, 0) is 88.7 Å². The molecule has 0 bridgehead atoms. The molecule has 5 rings (SSSR count). The third-order valence-electron chi connectivity index (χ3n) is 9.17. The van der Waals surface area contributed by atoms with Gasteiger partial charge in [0.15, 0.2) is 0 Å². The summed E-state index contributed by atoms with van der Waals surface area (Å²) in [4.78, 5) is 30.8. The number of imidazole rings is 1. The predicted octanol–water partition coefficient (Wildman–Crippen LogP) is 6.57. The van der Waals surface area contributed by atoms with E-state index in [4.69, 9.17) is 9.72 Å². The normalized spacial score (nSPS) is 26.4. The van der Waals surface area contributed by atoms with Crippen molar-refractivity contribution in [3.63, 3.8) is 0 Å². The lowest BCUT2D eigenvalue weighted by atomic mass is 9.81. The fraction of sp³-hybridized carbons (Fsp3) is 0.690. The molecule has 2 aromatic rings. The summed E-state index contributed by atoms with van der Waals surface area (Å²) >= 11 is 0. The Morgan fingerprint density at radius 1 is 1.10 bits per heavy atom. The molecule has 220 valence electrons. The van der Waals surface area contributed by atoms with Crippen molar-refractivity contribution in [1.82, 2.24) is 14.5 Å². The van der Waals surface area contributed by atoms with Gasteiger partial charge in [0.25, 0.3) is 0 Å². The van der Waals surface area contributed by atoms with Gasteiger partial charge in [-0.25, -0.2) is 9.78 Å². The molecule has 1 aromatic heterocycles. The molecule has 0 unspecified atom stereocenters. The molecule has 1 aliphatic heterocycles. The predicted molar refractivity (Wildman–Crippen MR) is 141 cm³/mol. The maximum Gasteiger partial charge on any atom is 0.522 e. The number of alkyl halides is 3. The average molecular weight is 566 g/mol. The van der Waals surface area contributed by atoms with Gasteiger partial charge in [-0.1, -0.05) is 6.07 Å². The number of methoxy groups -OCH3 is 1. The Labute approximate surface area is 231 Å². The lowest BCUT2D eigenvalue weighted by Crippen LogP contribution is -2.35. The minimum absolute atomic E-state index is 0.0561. The minimum Gasteiger partial charge on any atom is -0.481 e. The van der Waals surface area contributed by atoms with Crippen molar-refractivity contribution in [1.29, 1.82) is 0 Å². The molecule has 0 radical (unpaired) electrons. The number of halogens is 3. The van der Waals surface area contributed by atoms with E-state index < -0.39 is 18.4 Å². The molecule has 2 saturated carbocycles. The highest BCUT2D eigenvalue weighted by Crippen LogP contribution is 2.42. The number of hydrogen-bond acceptors (Lipinski definition) is 5. The van der Waals surface area contributed by atoms with Crippen molar-refractivity contribution < 1.29 is 37.3 Å². The summed E-state index contributed by atoms with van der Waals surface area (Å²) < 4.78 is 49.6. The number of fused-ring (bicyclic) bond motifs is 3. The van der Waals surface area contributed by atoms with E-state index in [2.05, 4.69) is 28.4 Å². The number of nitrogens with zero attached hydrogens (tertiary/aromatic N) is 3. The summed E-state index contributed by atoms with van der Waals surface area (Å²) in [6.45, 7) is 3.14. The van der Waals surface area contributed by atoms with Crippen LogP contribution in [0.4, 0.5) is 18.0 Å². The molecule has 1 atom stereocenters. The van der Waals surface area contributed by atoms with Crippen LogP contribution in [0.25, 0.3) is 11.0 Å². The molecule has 1 amide bonds. The van der Waals surface area contributed by atoms with Gasteiger partial charge in [0.2, 0.25) is 0 Å². The van der Waals surface area contributed by atoms with Gasteiger partial charge in [0.1, 0.15) is 5.82 Å². The van der Waals surface area contributed by atoms with E-state index in [0.717, 1.165) is 47.2 Å². The van der Waals surface area contributed by atoms with Crippen LogP contribution in [0.5, 0.6) is 0 Å². The number of carboxylic acids is 1. The highest BCUT2D eigenvalue weighted by Gasteiger charge is 2.37. The first-order valence-electron chi connectivity index (χ1n) is 14.4. The first kappa shape index (κ1) is 28.7. The molecular formula is C29H38F3N3O5. The third-order valence-corrected chi connectivity index (χ3v) is 9.17. The van der Waals surface area contributed by atoms with E-state index >= 15 is 0 Å². The Balaban J connectivity index is 1.43. The summed E-state index contributed by atoms with van der Waals surface area (Å²) in [5.41, 5.74) is 4.04. The molecule has 0 saturated heterocycles. The molecule has 2 heterocycles. The zero-order chi connectivity index (χ0) is 28.6. The van der Waals surface area contributed by atoms with E-state index in [9.17, 15) is 27.9 Å². The number of aromatic nitrogens is 2. The van der Waals surface area contributed by atoms with E-state index in [1.807, 2.05) is 0 Å². The van der Waals surface area contributed by atoms with Crippen LogP contribution in [-0.4, -0.2) is 57.7 Å². The quantitative estimate of drug-likeness (QED) is 0.426. The molecule has 2 fully saturated rings. The number of rotatable bonds is 6. The SMILES string of the molecule is COC(=O)N1CCc2ccc3c(nc([C@H]4CC[C@H](C(=O)O)CC4)n3[C@@H](C)C[C@H]3CC[C@@H](OC(F)(F)F)CC3)c2C1. The third kappa shape index (κ3) is 6.09. The molecule has 8 nitrogen and oxygen atoms in total. The Hall–Kier alpha value is -2.82. The first-order valence-corrected chi connectivity index (χ1v) is 14.4. The van der Waals surface area contributed by atoms with Crippen LogP contribution in [0.2, 0.25) is 0 Å². The molecule has 1 aromatic carbocycles. The monoisotopic (exact) mass is 565 g/mol. The van der Waals surface area contributed by atoms with Crippen LogP contribution in [0.15, 0.2) is 12.1 Å². The molecular weight excluding hydrogens is 527 g/mol. The number of hydrogen-bond donors (Lipinski definition) is 1. The van der Waals surface area contributed by atoms with Gasteiger partial charge in [0.05, 0.1) is 36.7 Å².